The van der Waals surface area contributed by atoms with E-state index in [1.807, 2.05) is 19.1 Å². The van der Waals surface area contributed by atoms with Crippen molar-refractivity contribution in [3.63, 3.8) is 0 Å². The highest BCUT2D eigenvalue weighted by Gasteiger charge is 2.15. The van der Waals surface area contributed by atoms with E-state index < -0.39 is 12.1 Å². The Balaban J connectivity index is 2.89. The van der Waals surface area contributed by atoms with Crippen molar-refractivity contribution in [2.24, 2.45) is 5.73 Å². The van der Waals surface area contributed by atoms with Crippen LogP contribution in [0, 0.1) is 0 Å². The van der Waals surface area contributed by atoms with Crippen LogP contribution in [0.25, 0.3) is 0 Å². The molecule has 1 aromatic carbocycles. The first-order valence-electron chi connectivity index (χ1n) is 4.76. The van der Waals surface area contributed by atoms with Gasteiger partial charge in [-0.05, 0) is 19.9 Å². The van der Waals surface area contributed by atoms with Gasteiger partial charge < -0.3 is 15.6 Å². The second kappa shape index (κ2) is 4.79. The largest absolute Gasteiger partial charge is 0.479 e. The molecule has 2 atom stereocenters. The molecule has 0 radical (unpaired) electrons. The Bertz CT molecular complexity index is 349. The Labute approximate surface area is 88.7 Å². The molecule has 1 rings (SSSR count). The molecule has 0 amide bonds. The molecule has 82 valence electrons. The third kappa shape index (κ3) is 2.95. The lowest BCUT2D eigenvalue weighted by Crippen LogP contribution is -2.24. The molecule has 4 nitrogen and oxygen atoms in total. The van der Waals surface area contributed by atoms with E-state index in [2.05, 4.69) is 0 Å². The van der Waals surface area contributed by atoms with Gasteiger partial charge in [-0.2, -0.15) is 0 Å². The number of para-hydroxylation sites is 1. The van der Waals surface area contributed by atoms with Gasteiger partial charge in [-0.25, -0.2) is 4.79 Å². The molecule has 1 aromatic rings. The number of carboxylic acids is 1. The van der Waals surface area contributed by atoms with Gasteiger partial charge in [0.1, 0.15) is 5.75 Å². The molecule has 0 fully saturated rings. The monoisotopic (exact) mass is 209 g/mol. The number of rotatable bonds is 4. The van der Waals surface area contributed by atoms with Gasteiger partial charge >= 0.3 is 5.97 Å². The van der Waals surface area contributed by atoms with E-state index in [1.165, 1.54) is 6.92 Å². The summed E-state index contributed by atoms with van der Waals surface area (Å²) in [6, 6.07) is 7.00. The molecule has 0 saturated carbocycles. The molecule has 0 aromatic heterocycles. The number of carboxylic acid groups (broad SMARTS) is 1. The van der Waals surface area contributed by atoms with Gasteiger partial charge in [0.05, 0.1) is 0 Å². The normalized spacial score (nSPS) is 14.3. The summed E-state index contributed by atoms with van der Waals surface area (Å²) in [5.41, 5.74) is 6.55. The summed E-state index contributed by atoms with van der Waals surface area (Å²) >= 11 is 0. The smallest absolute Gasteiger partial charge is 0.344 e. The average Bonchev–Trinajstić information content (AvgIpc) is 2.18. The maximum atomic E-state index is 10.6. The van der Waals surface area contributed by atoms with Gasteiger partial charge in [0, 0.05) is 11.6 Å². The van der Waals surface area contributed by atoms with Crippen molar-refractivity contribution in [2.45, 2.75) is 26.0 Å². The van der Waals surface area contributed by atoms with Gasteiger partial charge in [0.2, 0.25) is 0 Å². The number of hydrogen-bond donors (Lipinski definition) is 2. The van der Waals surface area contributed by atoms with Crippen LogP contribution >= 0.6 is 0 Å². The summed E-state index contributed by atoms with van der Waals surface area (Å²) in [6.07, 6.45) is -0.870. The van der Waals surface area contributed by atoms with E-state index in [0.717, 1.165) is 5.56 Å². The molecule has 15 heavy (non-hydrogen) atoms. The first kappa shape index (κ1) is 11.5. The predicted molar refractivity (Wildman–Crippen MR) is 56.8 cm³/mol. The van der Waals surface area contributed by atoms with Crippen LogP contribution in [-0.2, 0) is 4.79 Å². The van der Waals surface area contributed by atoms with Gasteiger partial charge in [-0.1, -0.05) is 18.2 Å². The Morgan fingerprint density at radius 2 is 2.00 bits per heavy atom. The maximum absolute atomic E-state index is 10.6. The number of nitrogens with two attached hydrogens (primary N) is 1. The van der Waals surface area contributed by atoms with E-state index in [0.29, 0.717) is 5.75 Å². The Kier molecular flexibility index (Phi) is 3.68. The van der Waals surface area contributed by atoms with Gasteiger partial charge in [0.25, 0.3) is 0 Å². The molecule has 1 unspecified atom stereocenters. The summed E-state index contributed by atoms with van der Waals surface area (Å²) in [7, 11) is 0. The molecule has 0 heterocycles. The lowest BCUT2D eigenvalue weighted by molar-refractivity contribution is -0.144. The number of aliphatic carboxylic acids is 1. The second-order valence-electron chi connectivity index (χ2n) is 3.42. The van der Waals surface area contributed by atoms with Crippen molar-refractivity contribution in [1.82, 2.24) is 0 Å². The first-order valence-corrected chi connectivity index (χ1v) is 4.76. The molecular formula is C11H15NO3. The molecule has 0 spiro atoms. The van der Waals surface area contributed by atoms with Crippen molar-refractivity contribution in [2.75, 3.05) is 0 Å². The average molecular weight is 209 g/mol. The number of carbonyl (C=O) groups is 1. The summed E-state index contributed by atoms with van der Waals surface area (Å²) in [5, 5.41) is 8.72. The highest BCUT2D eigenvalue weighted by molar-refractivity contribution is 5.72. The van der Waals surface area contributed by atoms with Crippen molar-refractivity contribution in [3.05, 3.63) is 29.8 Å². The summed E-state index contributed by atoms with van der Waals surface area (Å²) in [6.45, 7) is 3.31. The number of hydrogen-bond acceptors (Lipinski definition) is 3. The van der Waals surface area contributed by atoms with E-state index in [4.69, 9.17) is 15.6 Å². The van der Waals surface area contributed by atoms with Crippen LogP contribution in [0.3, 0.4) is 0 Å². The van der Waals surface area contributed by atoms with Crippen molar-refractivity contribution in [3.8, 4) is 5.75 Å². The van der Waals surface area contributed by atoms with Crippen LogP contribution in [0.5, 0.6) is 5.75 Å². The number of benzene rings is 1. The number of ether oxygens (including phenoxy) is 1. The second-order valence-corrected chi connectivity index (χ2v) is 3.42. The van der Waals surface area contributed by atoms with Crippen molar-refractivity contribution in [1.29, 1.82) is 0 Å². The van der Waals surface area contributed by atoms with E-state index in [1.54, 1.807) is 12.1 Å². The van der Waals surface area contributed by atoms with Crippen LogP contribution in [0.4, 0.5) is 0 Å². The summed E-state index contributed by atoms with van der Waals surface area (Å²) < 4.78 is 5.29. The first-order chi connectivity index (χ1) is 7.02. The minimum absolute atomic E-state index is 0.179. The molecule has 4 heteroatoms. The summed E-state index contributed by atoms with van der Waals surface area (Å²) in [4.78, 5) is 10.6. The quantitative estimate of drug-likeness (QED) is 0.789. The third-order valence-corrected chi connectivity index (χ3v) is 2.06. The zero-order valence-corrected chi connectivity index (χ0v) is 8.81. The molecule has 3 N–H and O–H groups in total. The lowest BCUT2D eigenvalue weighted by Gasteiger charge is -2.16. The molecule has 0 aliphatic rings. The van der Waals surface area contributed by atoms with Crippen LogP contribution in [0.15, 0.2) is 24.3 Å². The fraction of sp³-hybridized carbons (Fsp3) is 0.364. The van der Waals surface area contributed by atoms with E-state index >= 15 is 0 Å². The highest BCUT2D eigenvalue weighted by atomic mass is 16.5. The van der Waals surface area contributed by atoms with Gasteiger partial charge in [0.15, 0.2) is 6.10 Å². The molecule has 0 bridgehead atoms. The topological polar surface area (TPSA) is 72.5 Å². The lowest BCUT2D eigenvalue weighted by atomic mass is 10.1. The molecule has 0 saturated heterocycles. The van der Waals surface area contributed by atoms with Gasteiger partial charge in [-0.15, -0.1) is 0 Å². The van der Waals surface area contributed by atoms with Crippen LogP contribution in [-0.4, -0.2) is 17.2 Å². The third-order valence-electron chi connectivity index (χ3n) is 2.06. The zero-order valence-electron chi connectivity index (χ0n) is 8.81. The minimum Gasteiger partial charge on any atom is -0.479 e. The highest BCUT2D eigenvalue weighted by Crippen LogP contribution is 2.24. The minimum atomic E-state index is -0.991. The van der Waals surface area contributed by atoms with Gasteiger partial charge in [-0.3, -0.25) is 0 Å². The van der Waals surface area contributed by atoms with Crippen LogP contribution < -0.4 is 10.5 Å². The molecule has 0 aliphatic carbocycles. The molecule has 0 aliphatic heterocycles. The van der Waals surface area contributed by atoms with E-state index in [9.17, 15) is 4.79 Å². The van der Waals surface area contributed by atoms with Crippen LogP contribution in [0.1, 0.15) is 25.5 Å². The Morgan fingerprint density at radius 1 is 1.40 bits per heavy atom. The maximum Gasteiger partial charge on any atom is 0.344 e. The molecular weight excluding hydrogens is 194 g/mol. The van der Waals surface area contributed by atoms with Crippen LogP contribution in [0.2, 0.25) is 0 Å². The Morgan fingerprint density at radius 3 is 2.53 bits per heavy atom. The standard InChI is InChI=1S/C11H15NO3/c1-7(12)9-5-3-4-6-10(9)15-8(2)11(13)14/h3-8H,12H2,1-2H3,(H,13,14)/t7-,8?/m1/s1. The fourth-order valence-corrected chi connectivity index (χ4v) is 1.20. The fourth-order valence-electron chi connectivity index (χ4n) is 1.20. The SMILES string of the molecule is CC(Oc1ccccc1[C@@H](C)N)C(=O)O. The predicted octanol–water partition coefficient (Wildman–Crippen LogP) is 1.56. The summed E-state index contributed by atoms with van der Waals surface area (Å²) in [5.74, 6) is -0.461. The van der Waals surface area contributed by atoms with Crippen molar-refractivity contribution < 1.29 is 14.6 Å². The van der Waals surface area contributed by atoms with Crippen molar-refractivity contribution >= 4 is 5.97 Å². The Hall–Kier alpha value is -1.55. The zero-order chi connectivity index (χ0) is 11.4. The van der Waals surface area contributed by atoms with E-state index in [-0.39, 0.29) is 6.04 Å².